The molecule has 0 aromatic carbocycles. The topological polar surface area (TPSA) is 26.3 Å². The molecule has 0 spiro atoms. The summed E-state index contributed by atoms with van der Waals surface area (Å²) >= 11 is 0. The summed E-state index contributed by atoms with van der Waals surface area (Å²) in [5, 5.41) is 0. The van der Waals surface area contributed by atoms with E-state index in [4.69, 9.17) is 4.74 Å². The summed E-state index contributed by atoms with van der Waals surface area (Å²) in [5.41, 5.74) is 0. The predicted octanol–water partition coefficient (Wildman–Crippen LogP) is 7.02. The van der Waals surface area contributed by atoms with Crippen LogP contribution in [0.25, 0.3) is 0 Å². The molecule has 0 amide bonds. The van der Waals surface area contributed by atoms with E-state index in [0.717, 1.165) is 6.42 Å². The highest BCUT2D eigenvalue weighted by atomic mass is 16.5. The van der Waals surface area contributed by atoms with E-state index in [0.29, 0.717) is 6.61 Å². The number of esters is 1. The average molecular weight is 326 g/mol. The number of hydrogen-bond donors (Lipinski definition) is 0. The van der Waals surface area contributed by atoms with Crippen LogP contribution in [0.15, 0.2) is 0 Å². The number of ether oxygens (including phenoxy) is 1. The summed E-state index contributed by atoms with van der Waals surface area (Å²) in [5.74, 6) is -0.189. The zero-order chi connectivity index (χ0) is 17.0. The minimum Gasteiger partial charge on any atom is -0.465 e. The zero-order valence-electron chi connectivity index (χ0n) is 15.9. The molecule has 137 valence electrons. The molecule has 0 unspecified atom stereocenters. The number of rotatable bonds is 18. The van der Waals surface area contributed by atoms with Gasteiger partial charge in [-0.05, 0) is 6.42 Å². The molecule has 0 aliphatic carbocycles. The molecule has 23 heavy (non-hydrogen) atoms. The van der Waals surface area contributed by atoms with Crippen molar-refractivity contribution < 1.29 is 9.53 Å². The first-order valence-electron chi connectivity index (χ1n) is 10.3. The lowest BCUT2D eigenvalue weighted by Gasteiger charge is -2.04. The third-order valence-corrected chi connectivity index (χ3v) is 4.48. The van der Waals surface area contributed by atoms with E-state index < -0.39 is 0 Å². The van der Waals surface area contributed by atoms with Gasteiger partial charge in [-0.15, -0.1) is 0 Å². The summed E-state index contributed by atoms with van der Waals surface area (Å²) in [6.45, 7) is 4.58. The largest absolute Gasteiger partial charge is 0.465 e. The third kappa shape index (κ3) is 19.4. The van der Waals surface area contributed by atoms with Crippen LogP contribution in [0.1, 0.15) is 117 Å². The number of hydrogen-bond acceptors (Lipinski definition) is 2. The maximum Gasteiger partial charge on any atom is 0.309 e. The van der Waals surface area contributed by atoms with Crippen LogP contribution in [0.5, 0.6) is 0 Å². The maximum atomic E-state index is 10.9. The molecule has 0 aromatic rings. The van der Waals surface area contributed by atoms with Crippen molar-refractivity contribution in [3.63, 3.8) is 0 Å². The van der Waals surface area contributed by atoms with Crippen molar-refractivity contribution in [1.29, 1.82) is 0 Å². The quantitative estimate of drug-likeness (QED) is 0.200. The Kier molecular flexibility index (Phi) is 19.1. The van der Waals surface area contributed by atoms with E-state index in [2.05, 4.69) is 6.92 Å². The first kappa shape index (κ1) is 22.5. The molecular formula is C21H41O2. The van der Waals surface area contributed by atoms with Crippen LogP contribution < -0.4 is 0 Å². The SMILES string of the molecule is C[CH]C(=O)OCCCCCCCCCCCCCCCCCC. The third-order valence-electron chi connectivity index (χ3n) is 4.48. The van der Waals surface area contributed by atoms with Crippen LogP contribution in [0.4, 0.5) is 0 Å². The normalized spacial score (nSPS) is 10.9. The number of carbonyl (C=O) groups excluding carboxylic acids is 1. The first-order valence-corrected chi connectivity index (χ1v) is 10.3. The molecule has 0 saturated carbocycles. The average Bonchev–Trinajstić information content (AvgIpc) is 2.57. The Morgan fingerprint density at radius 2 is 1.00 bits per heavy atom. The molecular weight excluding hydrogens is 284 g/mol. The van der Waals surface area contributed by atoms with E-state index in [-0.39, 0.29) is 5.97 Å². The number of carbonyl (C=O) groups is 1. The van der Waals surface area contributed by atoms with E-state index in [1.807, 2.05) is 0 Å². The van der Waals surface area contributed by atoms with Gasteiger partial charge in [0.25, 0.3) is 0 Å². The molecule has 2 heteroatoms. The molecule has 0 rings (SSSR count). The minimum absolute atomic E-state index is 0.189. The predicted molar refractivity (Wildman–Crippen MR) is 100 cm³/mol. The van der Waals surface area contributed by atoms with Gasteiger partial charge in [0.2, 0.25) is 0 Å². The van der Waals surface area contributed by atoms with E-state index in [1.165, 1.54) is 103 Å². The van der Waals surface area contributed by atoms with Gasteiger partial charge in [0.05, 0.1) is 13.0 Å². The highest BCUT2D eigenvalue weighted by Crippen LogP contribution is 2.13. The Hall–Kier alpha value is -0.530. The summed E-state index contributed by atoms with van der Waals surface area (Å²) in [6, 6.07) is 0. The fraction of sp³-hybridized carbons (Fsp3) is 0.905. The smallest absolute Gasteiger partial charge is 0.309 e. The molecule has 0 atom stereocenters. The Labute approximate surface area is 145 Å². The van der Waals surface area contributed by atoms with Crippen LogP contribution in [-0.4, -0.2) is 12.6 Å². The Bertz CT molecular complexity index is 238. The first-order chi connectivity index (χ1) is 11.3. The second-order valence-electron chi connectivity index (χ2n) is 6.76. The van der Waals surface area contributed by atoms with E-state index >= 15 is 0 Å². The molecule has 0 heterocycles. The second kappa shape index (κ2) is 19.5. The van der Waals surface area contributed by atoms with Crippen molar-refractivity contribution >= 4 is 5.97 Å². The Morgan fingerprint density at radius 3 is 1.35 bits per heavy atom. The van der Waals surface area contributed by atoms with Gasteiger partial charge < -0.3 is 4.74 Å². The lowest BCUT2D eigenvalue weighted by Crippen LogP contribution is -2.04. The Morgan fingerprint density at radius 1 is 0.652 bits per heavy atom. The van der Waals surface area contributed by atoms with E-state index in [1.54, 1.807) is 6.92 Å². The van der Waals surface area contributed by atoms with Crippen molar-refractivity contribution in [1.82, 2.24) is 0 Å². The lowest BCUT2D eigenvalue weighted by atomic mass is 10.0. The van der Waals surface area contributed by atoms with Gasteiger partial charge in [-0.1, -0.05) is 110 Å². The van der Waals surface area contributed by atoms with Crippen LogP contribution in [0, 0.1) is 6.42 Å². The maximum absolute atomic E-state index is 10.9. The molecule has 0 bridgehead atoms. The molecule has 0 aliphatic heterocycles. The van der Waals surface area contributed by atoms with Crippen molar-refractivity contribution in [2.45, 2.75) is 117 Å². The van der Waals surface area contributed by atoms with Crippen LogP contribution in [0.3, 0.4) is 0 Å². The van der Waals surface area contributed by atoms with Gasteiger partial charge in [0, 0.05) is 0 Å². The molecule has 1 radical (unpaired) electrons. The molecule has 0 aliphatic rings. The molecule has 0 saturated heterocycles. The van der Waals surface area contributed by atoms with Gasteiger partial charge in [0.15, 0.2) is 0 Å². The molecule has 2 nitrogen and oxygen atoms in total. The summed E-state index contributed by atoms with van der Waals surface area (Å²) < 4.78 is 5.02. The monoisotopic (exact) mass is 325 g/mol. The zero-order valence-corrected chi connectivity index (χ0v) is 15.9. The highest BCUT2D eigenvalue weighted by molar-refractivity contribution is 5.78. The van der Waals surface area contributed by atoms with Gasteiger partial charge in [-0.25, -0.2) is 0 Å². The van der Waals surface area contributed by atoms with Gasteiger partial charge >= 0.3 is 5.97 Å². The second-order valence-corrected chi connectivity index (χ2v) is 6.76. The summed E-state index contributed by atoms with van der Waals surface area (Å²) in [4.78, 5) is 10.9. The summed E-state index contributed by atoms with van der Waals surface area (Å²) in [6.07, 6.45) is 23.4. The standard InChI is InChI=1S/C21H41O2/c1-3-5-6-7-8-9-10-11-12-13-14-15-16-17-18-19-20-23-21(22)4-2/h4H,3,5-20H2,1-2H3. The van der Waals surface area contributed by atoms with Crippen molar-refractivity contribution in [3.05, 3.63) is 6.42 Å². The van der Waals surface area contributed by atoms with E-state index in [9.17, 15) is 4.79 Å². The highest BCUT2D eigenvalue weighted by Gasteiger charge is 1.98. The van der Waals surface area contributed by atoms with Crippen molar-refractivity contribution in [2.75, 3.05) is 6.61 Å². The molecule has 0 aromatic heterocycles. The van der Waals surface area contributed by atoms with Gasteiger partial charge in [-0.2, -0.15) is 0 Å². The van der Waals surface area contributed by atoms with Gasteiger partial charge in [0.1, 0.15) is 0 Å². The minimum atomic E-state index is -0.189. The number of unbranched alkanes of at least 4 members (excludes halogenated alkanes) is 15. The fourth-order valence-corrected chi connectivity index (χ4v) is 2.91. The van der Waals surface area contributed by atoms with Gasteiger partial charge in [-0.3, -0.25) is 4.79 Å². The molecule has 0 fully saturated rings. The van der Waals surface area contributed by atoms with Crippen LogP contribution in [0.2, 0.25) is 0 Å². The Balaban J connectivity index is 2.99. The lowest BCUT2D eigenvalue weighted by molar-refractivity contribution is -0.139. The fourth-order valence-electron chi connectivity index (χ4n) is 2.91. The van der Waals surface area contributed by atoms with Crippen molar-refractivity contribution in [2.24, 2.45) is 0 Å². The summed E-state index contributed by atoms with van der Waals surface area (Å²) in [7, 11) is 0. The van der Waals surface area contributed by atoms with Crippen LogP contribution >= 0.6 is 0 Å². The van der Waals surface area contributed by atoms with Crippen molar-refractivity contribution in [3.8, 4) is 0 Å². The molecule has 0 N–H and O–H groups in total. The van der Waals surface area contributed by atoms with Crippen LogP contribution in [-0.2, 0) is 9.53 Å².